The number of halogens is 5. The van der Waals surface area contributed by atoms with Crippen LogP contribution in [0.5, 0.6) is 11.6 Å². The van der Waals surface area contributed by atoms with E-state index in [4.69, 9.17) is 4.74 Å². The van der Waals surface area contributed by atoms with Crippen LogP contribution in [0.2, 0.25) is 0 Å². The molecule has 0 fully saturated rings. The van der Waals surface area contributed by atoms with Crippen LogP contribution in [-0.4, -0.2) is 25.7 Å². The number of carbonyl (C=O) groups is 1. The minimum absolute atomic E-state index is 0.122. The zero-order valence-electron chi connectivity index (χ0n) is 16.3. The number of carbonyl (C=O) groups excluding carboxylic acids is 1. The Morgan fingerprint density at radius 3 is 2.42 bits per heavy atom. The summed E-state index contributed by atoms with van der Waals surface area (Å²) in [5, 5.41) is 5.65. The second-order valence-electron chi connectivity index (χ2n) is 6.49. The van der Waals surface area contributed by atoms with Crippen LogP contribution in [0.1, 0.15) is 16.1 Å². The first-order valence-corrected chi connectivity index (χ1v) is 9.20. The lowest BCUT2D eigenvalue weighted by Crippen LogP contribution is -2.21. The van der Waals surface area contributed by atoms with E-state index in [0.717, 1.165) is 18.3 Å². The molecule has 0 aliphatic heterocycles. The van der Waals surface area contributed by atoms with E-state index in [-0.39, 0.29) is 22.0 Å². The third-order valence-electron chi connectivity index (χ3n) is 4.26. The van der Waals surface area contributed by atoms with Gasteiger partial charge in [0.15, 0.2) is 28.9 Å². The smallest absolute Gasteiger partial charge is 0.434 e. The maximum Gasteiger partial charge on any atom is 0.434 e. The van der Waals surface area contributed by atoms with Crippen LogP contribution in [0.15, 0.2) is 67.1 Å². The maximum absolute atomic E-state index is 14.4. The SMILES string of the molecule is O=C(Nc1ccc(Oc2ccccn2)c(F)c1)c1cnn(-c2ncccc2F)c1C(F)(F)F. The summed E-state index contributed by atoms with van der Waals surface area (Å²) < 4.78 is 75.0. The Labute approximate surface area is 182 Å². The number of anilines is 1. The second-order valence-corrected chi connectivity index (χ2v) is 6.49. The molecule has 0 bridgehead atoms. The Bertz CT molecular complexity index is 1310. The summed E-state index contributed by atoms with van der Waals surface area (Å²) in [6.45, 7) is 0. The lowest BCUT2D eigenvalue weighted by molar-refractivity contribution is -0.143. The predicted molar refractivity (Wildman–Crippen MR) is 105 cm³/mol. The number of alkyl halides is 3. The summed E-state index contributed by atoms with van der Waals surface area (Å²) in [6.07, 6.45) is -1.92. The Hall–Kier alpha value is -4.35. The number of ether oxygens (including phenoxy) is 1. The molecule has 1 aromatic carbocycles. The zero-order chi connectivity index (χ0) is 23.6. The van der Waals surface area contributed by atoms with E-state index < -0.39 is 40.8 Å². The normalized spacial score (nSPS) is 11.3. The minimum atomic E-state index is -5.07. The monoisotopic (exact) mass is 461 g/mol. The average molecular weight is 461 g/mol. The molecule has 12 heteroatoms. The van der Waals surface area contributed by atoms with Gasteiger partial charge >= 0.3 is 6.18 Å². The highest BCUT2D eigenvalue weighted by Crippen LogP contribution is 2.34. The van der Waals surface area contributed by atoms with E-state index in [2.05, 4.69) is 20.4 Å². The molecule has 1 amide bonds. The van der Waals surface area contributed by atoms with Gasteiger partial charge in [-0.15, -0.1) is 0 Å². The molecule has 0 aliphatic rings. The highest BCUT2D eigenvalue weighted by Gasteiger charge is 2.41. The van der Waals surface area contributed by atoms with Crippen molar-refractivity contribution >= 4 is 11.6 Å². The molecular weight excluding hydrogens is 449 g/mol. The van der Waals surface area contributed by atoms with Gasteiger partial charge < -0.3 is 10.1 Å². The van der Waals surface area contributed by atoms with Gasteiger partial charge in [-0.05, 0) is 30.3 Å². The number of hydrogen-bond acceptors (Lipinski definition) is 5. The third-order valence-corrected chi connectivity index (χ3v) is 4.26. The molecule has 33 heavy (non-hydrogen) atoms. The quantitative estimate of drug-likeness (QED) is 0.423. The van der Waals surface area contributed by atoms with Gasteiger partial charge in [-0.2, -0.15) is 18.3 Å². The van der Waals surface area contributed by atoms with Crippen molar-refractivity contribution in [3.8, 4) is 17.4 Å². The molecule has 3 aromatic heterocycles. The van der Waals surface area contributed by atoms with Crippen molar-refractivity contribution < 1.29 is 31.5 Å². The first-order chi connectivity index (χ1) is 15.7. The van der Waals surface area contributed by atoms with Crippen LogP contribution in [0.4, 0.5) is 27.6 Å². The Morgan fingerprint density at radius 2 is 1.76 bits per heavy atom. The van der Waals surface area contributed by atoms with Crippen molar-refractivity contribution in [2.75, 3.05) is 5.32 Å². The molecule has 0 unspecified atom stereocenters. The van der Waals surface area contributed by atoms with E-state index >= 15 is 0 Å². The zero-order valence-corrected chi connectivity index (χ0v) is 16.3. The van der Waals surface area contributed by atoms with Crippen molar-refractivity contribution in [3.05, 3.63) is 90.0 Å². The van der Waals surface area contributed by atoms with Crippen LogP contribution in [0.3, 0.4) is 0 Å². The van der Waals surface area contributed by atoms with Crippen molar-refractivity contribution in [1.82, 2.24) is 19.7 Å². The van der Waals surface area contributed by atoms with Crippen molar-refractivity contribution in [1.29, 1.82) is 0 Å². The van der Waals surface area contributed by atoms with Gasteiger partial charge in [-0.25, -0.2) is 23.4 Å². The average Bonchev–Trinajstić information content (AvgIpc) is 3.22. The molecule has 168 valence electrons. The van der Waals surface area contributed by atoms with Crippen molar-refractivity contribution in [3.63, 3.8) is 0 Å². The standard InChI is InChI=1S/C21H12F5N5O2/c22-14-4-3-9-28-19(14)31-18(21(24,25)26)13(11-29-31)20(32)30-12-6-7-16(15(23)10-12)33-17-5-1-2-8-27-17/h1-11H,(H,30,32). The van der Waals surface area contributed by atoms with Gasteiger partial charge in [0.1, 0.15) is 0 Å². The van der Waals surface area contributed by atoms with Gasteiger partial charge in [0, 0.05) is 30.2 Å². The van der Waals surface area contributed by atoms with Crippen molar-refractivity contribution in [2.45, 2.75) is 6.18 Å². The Balaban J connectivity index is 1.61. The van der Waals surface area contributed by atoms with Crippen LogP contribution in [0.25, 0.3) is 5.82 Å². The molecule has 0 spiro atoms. The Kier molecular flexibility index (Phi) is 5.73. The number of benzene rings is 1. The molecule has 4 rings (SSSR count). The molecule has 4 aromatic rings. The molecule has 0 atom stereocenters. The van der Waals surface area contributed by atoms with Crippen LogP contribution >= 0.6 is 0 Å². The molecule has 3 heterocycles. The number of rotatable bonds is 5. The second kappa shape index (κ2) is 8.65. The van der Waals surface area contributed by atoms with Gasteiger partial charge in [0.05, 0.1) is 11.8 Å². The number of hydrogen-bond donors (Lipinski definition) is 1. The lowest BCUT2D eigenvalue weighted by atomic mass is 10.2. The topological polar surface area (TPSA) is 81.9 Å². The molecule has 0 radical (unpaired) electrons. The van der Waals surface area contributed by atoms with E-state index in [1.54, 1.807) is 12.1 Å². The first-order valence-electron chi connectivity index (χ1n) is 9.20. The number of nitrogens with zero attached hydrogens (tertiary/aromatic N) is 4. The van der Waals surface area contributed by atoms with Gasteiger partial charge in [0.25, 0.3) is 5.91 Å². The molecule has 0 aliphatic carbocycles. The number of aromatic nitrogens is 4. The summed E-state index contributed by atoms with van der Waals surface area (Å²) in [5.74, 6) is -4.00. The Morgan fingerprint density at radius 1 is 0.970 bits per heavy atom. The highest BCUT2D eigenvalue weighted by molar-refractivity contribution is 6.05. The fourth-order valence-electron chi connectivity index (χ4n) is 2.86. The van der Waals surface area contributed by atoms with E-state index in [1.165, 1.54) is 30.5 Å². The van der Waals surface area contributed by atoms with Crippen LogP contribution in [0, 0.1) is 11.6 Å². The maximum atomic E-state index is 14.4. The summed E-state index contributed by atoms with van der Waals surface area (Å²) >= 11 is 0. The number of pyridine rings is 2. The fraction of sp³-hybridized carbons (Fsp3) is 0.0476. The van der Waals surface area contributed by atoms with E-state index in [9.17, 15) is 26.7 Å². The predicted octanol–water partition coefficient (Wildman–Crippen LogP) is 5.00. The minimum Gasteiger partial charge on any atom is -0.436 e. The van der Waals surface area contributed by atoms with Gasteiger partial charge in [-0.1, -0.05) is 6.07 Å². The molecule has 0 saturated heterocycles. The van der Waals surface area contributed by atoms with Crippen LogP contribution in [-0.2, 0) is 6.18 Å². The third kappa shape index (κ3) is 4.63. The van der Waals surface area contributed by atoms with Crippen molar-refractivity contribution in [2.24, 2.45) is 0 Å². The molecule has 7 nitrogen and oxygen atoms in total. The summed E-state index contributed by atoms with van der Waals surface area (Å²) in [7, 11) is 0. The van der Waals surface area contributed by atoms with E-state index in [0.29, 0.717) is 6.20 Å². The fourth-order valence-corrected chi connectivity index (χ4v) is 2.86. The molecular formula is C21H12F5N5O2. The van der Waals surface area contributed by atoms with Gasteiger partial charge in [-0.3, -0.25) is 4.79 Å². The summed E-state index contributed by atoms with van der Waals surface area (Å²) in [6, 6.07) is 10.1. The largest absolute Gasteiger partial charge is 0.436 e. The van der Waals surface area contributed by atoms with Gasteiger partial charge in [0.2, 0.25) is 5.88 Å². The highest BCUT2D eigenvalue weighted by atomic mass is 19.4. The summed E-state index contributed by atoms with van der Waals surface area (Å²) in [4.78, 5) is 20.0. The molecule has 1 N–H and O–H groups in total. The number of nitrogens with one attached hydrogen (secondary N) is 1. The van der Waals surface area contributed by atoms with E-state index in [1.807, 2.05) is 0 Å². The molecule has 0 saturated carbocycles. The first kappa shape index (κ1) is 21.9. The number of amides is 1. The summed E-state index contributed by atoms with van der Waals surface area (Å²) in [5.41, 5.74) is -2.58. The lowest BCUT2D eigenvalue weighted by Gasteiger charge is -2.13. The van der Waals surface area contributed by atoms with Crippen LogP contribution < -0.4 is 10.1 Å².